The van der Waals surface area contributed by atoms with Crippen LogP contribution in [0, 0.1) is 17.5 Å². The third-order valence-corrected chi connectivity index (χ3v) is 8.87. The van der Waals surface area contributed by atoms with Crippen molar-refractivity contribution >= 4 is 54.0 Å². The summed E-state index contributed by atoms with van der Waals surface area (Å²) in [5, 5.41) is 0.423. The van der Waals surface area contributed by atoms with E-state index in [9.17, 15) is 17.6 Å². The minimum atomic E-state index is -4.63. The highest BCUT2D eigenvalue weighted by Crippen LogP contribution is 2.44. The van der Waals surface area contributed by atoms with E-state index in [1.807, 2.05) is 11.6 Å². The number of anilines is 2. The molecule has 3 aromatic heterocycles. The van der Waals surface area contributed by atoms with Crippen molar-refractivity contribution in [2.45, 2.75) is 30.2 Å². The van der Waals surface area contributed by atoms with E-state index in [0.29, 0.717) is 28.4 Å². The molecule has 13 heteroatoms. The number of pyridine rings is 2. The Hall–Kier alpha value is -3.97. The molecule has 0 bridgehead atoms. The van der Waals surface area contributed by atoms with Gasteiger partial charge < -0.3 is 10.3 Å². The fourth-order valence-electron chi connectivity index (χ4n) is 4.49. The molecule has 0 unspecified atom stereocenters. The molecule has 2 aromatic carbocycles. The van der Waals surface area contributed by atoms with Gasteiger partial charge in [0.05, 0.1) is 38.1 Å². The molecule has 1 aliphatic rings. The highest BCUT2D eigenvalue weighted by molar-refractivity contribution is 7.92. The summed E-state index contributed by atoms with van der Waals surface area (Å²) >= 11 is 1.11. The second-order valence-electron chi connectivity index (χ2n) is 9.36. The van der Waals surface area contributed by atoms with Crippen LogP contribution in [0.1, 0.15) is 19.8 Å². The van der Waals surface area contributed by atoms with Crippen LogP contribution in [0.3, 0.4) is 0 Å². The maximum absolute atomic E-state index is 15.8. The SMILES string of the molecule is CC1(n2c(=O)c(-c3c(F)ccc(NS(=O)(=O)c4cc5scnc5cc4F)c3F)cc3cnc(N)cc32)CC1. The number of nitrogen functional groups attached to an aromatic ring is 1. The Morgan fingerprint density at radius 1 is 1.08 bits per heavy atom. The summed E-state index contributed by atoms with van der Waals surface area (Å²) in [6, 6.07) is 6.58. The second-order valence-corrected chi connectivity index (χ2v) is 11.9. The number of halogens is 3. The van der Waals surface area contributed by atoms with Gasteiger partial charge in [-0.15, -0.1) is 11.3 Å². The minimum Gasteiger partial charge on any atom is -0.384 e. The first-order valence-corrected chi connectivity index (χ1v) is 13.7. The molecule has 0 radical (unpaired) electrons. The van der Waals surface area contributed by atoms with E-state index in [2.05, 4.69) is 9.97 Å². The van der Waals surface area contributed by atoms with Crippen molar-refractivity contribution < 1.29 is 21.6 Å². The van der Waals surface area contributed by atoms with Gasteiger partial charge in [0.25, 0.3) is 15.6 Å². The zero-order chi connectivity index (χ0) is 27.0. The van der Waals surface area contributed by atoms with Gasteiger partial charge in [0.15, 0.2) is 5.82 Å². The van der Waals surface area contributed by atoms with Crippen molar-refractivity contribution in [3.8, 4) is 11.1 Å². The molecular formula is C25H18F3N5O3S2. The molecule has 6 rings (SSSR count). The summed E-state index contributed by atoms with van der Waals surface area (Å²) in [5.41, 5.74) is 5.08. The van der Waals surface area contributed by atoms with Crippen LogP contribution in [0.2, 0.25) is 0 Å². The van der Waals surface area contributed by atoms with Crippen LogP contribution in [0.5, 0.6) is 0 Å². The van der Waals surface area contributed by atoms with Gasteiger partial charge in [-0.05, 0) is 44.0 Å². The molecular weight excluding hydrogens is 539 g/mol. The monoisotopic (exact) mass is 557 g/mol. The van der Waals surface area contributed by atoms with Crippen LogP contribution in [-0.2, 0) is 15.6 Å². The molecule has 8 nitrogen and oxygen atoms in total. The number of rotatable bonds is 5. The fraction of sp³-hybridized carbons (Fsp3) is 0.160. The van der Waals surface area contributed by atoms with Gasteiger partial charge >= 0.3 is 0 Å². The van der Waals surface area contributed by atoms with Gasteiger partial charge in [-0.25, -0.2) is 31.6 Å². The van der Waals surface area contributed by atoms with Crippen LogP contribution in [-0.4, -0.2) is 23.0 Å². The molecule has 3 N–H and O–H groups in total. The van der Waals surface area contributed by atoms with Crippen molar-refractivity contribution in [2.24, 2.45) is 0 Å². The first-order chi connectivity index (χ1) is 18.0. The predicted molar refractivity (Wildman–Crippen MR) is 139 cm³/mol. The third kappa shape index (κ3) is 3.80. The number of aromatic nitrogens is 3. The quantitative estimate of drug-likeness (QED) is 0.315. The van der Waals surface area contributed by atoms with Crippen LogP contribution < -0.4 is 16.0 Å². The molecule has 0 atom stereocenters. The summed E-state index contributed by atoms with van der Waals surface area (Å²) in [6.07, 6.45) is 2.75. The van der Waals surface area contributed by atoms with E-state index in [4.69, 9.17) is 5.73 Å². The Bertz CT molecular complexity index is 1970. The number of thiazole rings is 1. The number of benzene rings is 2. The molecule has 0 aliphatic heterocycles. The molecule has 1 aliphatic carbocycles. The summed E-state index contributed by atoms with van der Waals surface area (Å²) in [6.45, 7) is 1.85. The standard InChI is InChI=1S/C25H18F3N5O3S2/c1-25(4-5-25)33-18-8-21(29)30-10-12(18)6-13(24(33)34)22-14(26)2-3-16(23(22)28)32-38(35,36)20-9-19-17(7-15(20)27)31-11-37-19/h2-3,6-11,32H,4-5H2,1H3,(H2,29,30). The molecule has 38 heavy (non-hydrogen) atoms. The molecule has 5 aromatic rings. The van der Waals surface area contributed by atoms with Crippen LogP contribution in [0.15, 0.2) is 57.8 Å². The Labute approximate surface area is 217 Å². The van der Waals surface area contributed by atoms with Crippen molar-refractivity contribution in [1.29, 1.82) is 0 Å². The van der Waals surface area contributed by atoms with Gasteiger partial charge in [-0.3, -0.25) is 9.52 Å². The lowest BCUT2D eigenvalue weighted by molar-refractivity contribution is 0.532. The van der Waals surface area contributed by atoms with Crippen molar-refractivity contribution in [3.63, 3.8) is 0 Å². The fourth-order valence-corrected chi connectivity index (χ4v) is 6.40. The Kier molecular flexibility index (Phi) is 5.30. The average molecular weight is 558 g/mol. The highest BCUT2D eigenvalue weighted by Gasteiger charge is 2.42. The number of hydrogen-bond donors (Lipinski definition) is 2. The number of nitrogens with zero attached hydrogens (tertiary/aromatic N) is 3. The topological polar surface area (TPSA) is 120 Å². The predicted octanol–water partition coefficient (Wildman–Crippen LogP) is 4.98. The Balaban J connectivity index is 1.51. The van der Waals surface area contributed by atoms with E-state index in [0.717, 1.165) is 35.6 Å². The number of nitrogens with two attached hydrogens (primary N) is 1. The smallest absolute Gasteiger partial charge is 0.264 e. The number of sulfonamides is 1. The summed E-state index contributed by atoms with van der Waals surface area (Å²) < 4.78 is 75.4. The van der Waals surface area contributed by atoms with E-state index in [1.54, 1.807) is 0 Å². The van der Waals surface area contributed by atoms with E-state index in [-0.39, 0.29) is 16.9 Å². The Morgan fingerprint density at radius 3 is 2.58 bits per heavy atom. The highest BCUT2D eigenvalue weighted by atomic mass is 32.2. The van der Waals surface area contributed by atoms with Crippen LogP contribution >= 0.6 is 11.3 Å². The van der Waals surface area contributed by atoms with E-state index >= 15 is 8.78 Å². The largest absolute Gasteiger partial charge is 0.384 e. The van der Waals surface area contributed by atoms with E-state index in [1.165, 1.54) is 28.4 Å². The first kappa shape index (κ1) is 24.4. The molecule has 0 amide bonds. The normalized spacial score (nSPS) is 14.7. The number of fused-ring (bicyclic) bond motifs is 2. The number of nitrogens with one attached hydrogen (secondary N) is 1. The van der Waals surface area contributed by atoms with Gasteiger partial charge in [0.2, 0.25) is 0 Å². The van der Waals surface area contributed by atoms with Gasteiger partial charge in [0, 0.05) is 29.3 Å². The molecule has 1 saturated carbocycles. The van der Waals surface area contributed by atoms with Gasteiger partial charge in [-0.2, -0.15) is 0 Å². The maximum Gasteiger partial charge on any atom is 0.264 e. The zero-order valence-corrected chi connectivity index (χ0v) is 21.3. The van der Waals surface area contributed by atoms with Crippen molar-refractivity contribution in [1.82, 2.24) is 14.5 Å². The molecule has 194 valence electrons. The van der Waals surface area contributed by atoms with Crippen LogP contribution in [0.25, 0.3) is 32.2 Å². The molecule has 0 spiro atoms. The first-order valence-electron chi connectivity index (χ1n) is 11.3. The summed E-state index contributed by atoms with van der Waals surface area (Å²) in [5.74, 6) is -3.30. The lowest BCUT2D eigenvalue weighted by atomic mass is 10.0. The average Bonchev–Trinajstić information content (AvgIpc) is 3.42. The summed E-state index contributed by atoms with van der Waals surface area (Å²) in [7, 11) is -4.63. The van der Waals surface area contributed by atoms with Gasteiger partial charge in [-0.1, -0.05) is 0 Å². The zero-order valence-electron chi connectivity index (χ0n) is 19.6. The lowest BCUT2D eigenvalue weighted by Crippen LogP contribution is -2.30. The molecule has 1 fully saturated rings. The maximum atomic E-state index is 15.8. The Morgan fingerprint density at radius 2 is 1.84 bits per heavy atom. The van der Waals surface area contributed by atoms with E-state index < -0.39 is 54.7 Å². The minimum absolute atomic E-state index is 0.181. The second kappa shape index (κ2) is 8.27. The van der Waals surface area contributed by atoms with Crippen molar-refractivity contribution in [2.75, 3.05) is 10.5 Å². The van der Waals surface area contributed by atoms with Crippen LogP contribution in [0.4, 0.5) is 24.7 Å². The molecule has 0 saturated heterocycles. The molecule has 3 heterocycles. The third-order valence-electron chi connectivity index (χ3n) is 6.70. The lowest BCUT2D eigenvalue weighted by Gasteiger charge is -2.19. The van der Waals surface area contributed by atoms with Gasteiger partial charge in [0.1, 0.15) is 22.3 Å². The summed E-state index contributed by atoms with van der Waals surface area (Å²) in [4.78, 5) is 20.9. The number of hydrogen-bond acceptors (Lipinski definition) is 7. The van der Waals surface area contributed by atoms with Crippen molar-refractivity contribution in [3.05, 3.63) is 75.9 Å².